The average Bonchev–Trinajstić information content (AvgIpc) is 3.09. The molecule has 5 nitrogen and oxygen atoms in total. The third-order valence-corrected chi connectivity index (χ3v) is 3.85. The van der Waals surface area contributed by atoms with Gasteiger partial charge in [0.2, 0.25) is 6.79 Å². The van der Waals surface area contributed by atoms with Crippen molar-refractivity contribution in [2.45, 2.75) is 31.9 Å². The Bertz CT molecular complexity index is 528. The minimum Gasteiger partial charge on any atom is -0.454 e. The minimum atomic E-state index is -0.187. The zero-order valence-corrected chi connectivity index (χ0v) is 11.9. The molecule has 1 N–H and O–H groups in total. The number of hydrogen-bond acceptors (Lipinski definition) is 4. The summed E-state index contributed by atoms with van der Waals surface area (Å²) >= 11 is 6.07. The molecule has 1 aromatic rings. The van der Waals surface area contributed by atoms with Gasteiger partial charge in [0.25, 0.3) is 5.91 Å². The van der Waals surface area contributed by atoms with Gasteiger partial charge in [-0.3, -0.25) is 4.79 Å². The molecule has 108 valence electrons. The van der Waals surface area contributed by atoms with Crippen LogP contribution in [0, 0.1) is 0 Å². The van der Waals surface area contributed by atoms with Gasteiger partial charge in [-0.1, -0.05) is 11.6 Å². The van der Waals surface area contributed by atoms with Crippen LogP contribution in [-0.4, -0.2) is 31.5 Å². The van der Waals surface area contributed by atoms with Crippen LogP contribution in [0.25, 0.3) is 0 Å². The Morgan fingerprint density at radius 1 is 1.45 bits per heavy atom. The van der Waals surface area contributed by atoms with Crippen LogP contribution in [-0.2, 0) is 4.74 Å². The van der Waals surface area contributed by atoms with Gasteiger partial charge in [-0.25, -0.2) is 0 Å². The minimum absolute atomic E-state index is 0.0331. The Labute approximate surface area is 122 Å². The van der Waals surface area contributed by atoms with E-state index in [-0.39, 0.29) is 24.8 Å². The van der Waals surface area contributed by atoms with Gasteiger partial charge in [-0.15, -0.1) is 0 Å². The molecule has 1 amide bonds. The van der Waals surface area contributed by atoms with Crippen molar-refractivity contribution >= 4 is 17.5 Å². The van der Waals surface area contributed by atoms with Crippen molar-refractivity contribution in [3.63, 3.8) is 0 Å². The number of carbonyl (C=O) groups excluding carboxylic acids is 1. The van der Waals surface area contributed by atoms with Crippen LogP contribution in [0.1, 0.15) is 30.1 Å². The molecule has 1 saturated heterocycles. The van der Waals surface area contributed by atoms with Gasteiger partial charge < -0.3 is 19.5 Å². The summed E-state index contributed by atoms with van der Waals surface area (Å²) < 4.78 is 16.0. The van der Waals surface area contributed by atoms with Gasteiger partial charge in [0.1, 0.15) is 0 Å². The standard InChI is InChI=1S/C14H16ClNO4/c1-8(11-3-2-4-18-11)16-14(17)9-5-10(15)13-12(6-9)19-7-20-13/h5-6,8,11H,2-4,7H2,1H3,(H,16,17)/t8-,11+/m0/s1. The molecule has 0 bridgehead atoms. The van der Waals surface area contributed by atoms with Crippen molar-refractivity contribution in [3.8, 4) is 11.5 Å². The molecule has 20 heavy (non-hydrogen) atoms. The van der Waals surface area contributed by atoms with Crippen molar-refractivity contribution in [2.24, 2.45) is 0 Å². The van der Waals surface area contributed by atoms with E-state index in [1.807, 2.05) is 6.92 Å². The highest BCUT2D eigenvalue weighted by Crippen LogP contribution is 2.39. The number of nitrogens with one attached hydrogen (secondary N) is 1. The van der Waals surface area contributed by atoms with Gasteiger partial charge >= 0.3 is 0 Å². The SMILES string of the molecule is C[C@H](NC(=O)c1cc(Cl)c2c(c1)OCO2)[C@H]1CCCO1. The molecular formula is C14H16ClNO4. The van der Waals surface area contributed by atoms with Gasteiger partial charge in [0.15, 0.2) is 11.5 Å². The summed E-state index contributed by atoms with van der Waals surface area (Å²) in [6.45, 7) is 2.84. The van der Waals surface area contributed by atoms with E-state index in [1.165, 1.54) is 0 Å². The molecule has 1 fully saturated rings. The predicted octanol–water partition coefficient (Wildman–Crippen LogP) is 2.37. The summed E-state index contributed by atoms with van der Waals surface area (Å²) in [5.74, 6) is 0.816. The quantitative estimate of drug-likeness (QED) is 0.930. The highest BCUT2D eigenvalue weighted by Gasteiger charge is 2.25. The van der Waals surface area contributed by atoms with Crippen LogP contribution >= 0.6 is 11.6 Å². The van der Waals surface area contributed by atoms with Gasteiger partial charge in [-0.05, 0) is 31.9 Å². The fourth-order valence-corrected chi connectivity index (χ4v) is 2.74. The molecular weight excluding hydrogens is 282 g/mol. The molecule has 6 heteroatoms. The highest BCUT2D eigenvalue weighted by molar-refractivity contribution is 6.32. The first-order chi connectivity index (χ1) is 9.65. The van der Waals surface area contributed by atoms with Crippen molar-refractivity contribution in [1.29, 1.82) is 0 Å². The smallest absolute Gasteiger partial charge is 0.251 e. The number of carbonyl (C=O) groups is 1. The second-order valence-corrected chi connectivity index (χ2v) is 5.41. The van der Waals surface area contributed by atoms with E-state index in [9.17, 15) is 4.79 Å². The Morgan fingerprint density at radius 2 is 2.30 bits per heavy atom. The second-order valence-electron chi connectivity index (χ2n) is 5.01. The third kappa shape index (κ3) is 2.55. The normalized spacial score (nSPS) is 21.8. The summed E-state index contributed by atoms with van der Waals surface area (Å²) in [6, 6.07) is 3.20. The van der Waals surface area contributed by atoms with Gasteiger partial charge in [-0.2, -0.15) is 0 Å². The molecule has 1 aromatic carbocycles. The van der Waals surface area contributed by atoms with Gasteiger partial charge in [0, 0.05) is 12.2 Å². The third-order valence-electron chi connectivity index (χ3n) is 3.57. The fourth-order valence-electron chi connectivity index (χ4n) is 2.48. The zero-order chi connectivity index (χ0) is 14.1. The number of halogens is 1. The molecule has 0 aliphatic carbocycles. The van der Waals surface area contributed by atoms with Gasteiger partial charge in [0.05, 0.1) is 17.2 Å². The molecule has 2 heterocycles. The van der Waals surface area contributed by atoms with Crippen LogP contribution in [0.15, 0.2) is 12.1 Å². The molecule has 0 aromatic heterocycles. The second kappa shape index (κ2) is 5.50. The van der Waals surface area contributed by atoms with Crippen molar-refractivity contribution < 1.29 is 19.0 Å². The highest BCUT2D eigenvalue weighted by atomic mass is 35.5. The van der Waals surface area contributed by atoms with E-state index in [4.69, 9.17) is 25.8 Å². The van der Waals surface area contributed by atoms with Crippen molar-refractivity contribution in [1.82, 2.24) is 5.32 Å². The fraction of sp³-hybridized carbons (Fsp3) is 0.500. The van der Waals surface area contributed by atoms with E-state index in [0.29, 0.717) is 22.1 Å². The Balaban J connectivity index is 1.72. The predicted molar refractivity (Wildman–Crippen MR) is 73.5 cm³/mol. The van der Waals surface area contributed by atoms with E-state index < -0.39 is 0 Å². The summed E-state index contributed by atoms with van der Waals surface area (Å²) in [5.41, 5.74) is 0.462. The molecule has 0 saturated carbocycles. The summed E-state index contributed by atoms with van der Waals surface area (Å²) in [7, 11) is 0. The molecule has 2 atom stereocenters. The van der Waals surface area contributed by atoms with E-state index >= 15 is 0 Å². The lowest BCUT2D eigenvalue weighted by Crippen LogP contribution is -2.40. The first kappa shape index (κ1) is 13.5. The lowest BCUT2D eigenvalue weighted by molar-refractivity contribution is 0.0712. The largest absolute Gasteiger partial charge is 0.454 e. The maximum atomic E-state index is 12.2. The molecule has 2 aliphatic heterocycles. The van der Waals surface area contributed by atoms with E-state index in [2.05, 4.69) is 5.32 Å². The number of ether oxygens (including phenoxy) is 3. The summed E-state index contributed by atoms with van der Waals surface area (Å²) in [4.78, 5) is 12.2. The lowest BCUT2D eigenvalue weighted by Gasteiger charge is -2.20. The number of hydrogen-bond donors (Lipinski definition) is 1. The van der Waals surface area contributed by atoms with Crippen LogP contribution in [0.3, 0.4) is 0 Å². The number of rotatable bonds is 3. The van der Waals surface area contributed by atoms with Crippen LogP contribution in [0.5, 0.6) is 11.5 Å². The lowest BCUT2D eigenvalue weighted by atomic mass is 10.1. The van der Waals surface area contributed by atoms with Crippen LogP contribution < -0.4 is 14.8 Å². The Kier molecular flexibility index (Phi) is 3.72. The van der Waals surface area contributed by atoms with Crippen molar-refractivity contribution in [3.05, 3.63) is 22.7 Å². The number of amides is 1. The molecule has 0 unspecified atom stereocenters. The van der Waals surface area contributed by atoms with Crippen LogP contribution in [0.4, 0.5) is 0 Å². The first-order valence-electron chi connectivity index (χ1n) is 6.67. The first-order valence-corrected chi connectivity index (χ1v) is 7.04. The zero-order valence-electron chi connectivity index (χ0n) is 11.1. The maximum absolute atomic E-state index is 12.2. The summed E-state index contributed by atoms with van der Waals surface area (Å²) in [5, 5.41) is 3.32. The Hall–Kier alpha value is -1.46. The molecule has 3 rings (SSSR count). The molecule has 0 radical (unpaired) electrons. The summed E-state index contributed by atoms with van der Waals surface area (Å²) in [6.07, 6.45) is 2.10. The average molecular weight is 298 g/mol. The topological polar surface area (TPSA) is 56.8 Å². The van der Waals surface area contributed by atoms with E-state index in [1.54, 1.807) is 12.1 Å². The van der Waals surface area contributed by atoms with E-state index in [0.717, 1.165) is 19.4 Å². The van der Waals surface area contributed by atoms with Crippen molar-refractivity contribution in [2.75, 3.05) is 13.4 Å². The molecule has 2 aliphatic rings. The van der Waals surface area contributed by atoms with Crippen LogP contribution in [0.2, 0.25) is 5.02 Å². The molecule has 0 spiro atoms. The number of benzene rings is 1. The Morgan fingerprint density at radius 3 is 3.05 bits per heavy atom. The maximum Gasteiger partial charge on any atom is 0.251 e. The monoisotopic (exact) mass is 297 g/mol. The number of fused-ring (bicyclic) bond motifs is 1.